The van der Waals surface area contributed by atoms with E-state index in [9.17, 15) is 49.9 Å². The van der Waals surface area contributed by atoms with E-state index in [4.69, 9.17) is 0 Å². The maximum atomic E-state index is 13.3. The second-order valence-corrected chi connectivity index (χ2v) is 12.0. The Bertz CT molecular complexity index is 1650. The lowest BCUT2D eigenvalue weighted by atomic mass is 10.2. The molecule has 0 radical (unpaired) electrons. The molecule has 2 fully saturated rings. The largest absolute Gasteiger partial charge is 0.445 e. The van der Waals surface area contributed by atoms with Crippen LogP contribution in [0.15, 0.2) is 23.4 Å². The summed E-state index contributed by atoms with van der Waals surface area (Å²) in [5, 5.41) is 23.8. The number of aliphatic hydroxyl groups excluding tert-OH is 1. The van der Waals surface area contributed by atoms with Crippen molar-refractivity contribution in [2.24, 2.45) is 0 Å². The molecule has 20 heteroatoms. The van der Waals surface area contributed by atoms with Crippen molar-refractivity contribution in [3.63, 3.8) is 0 Å². The number of hydrogen-bond acceptors (Lipinski definition) is 10. The molecule has 0 aromatic carbocycles. The summed E-state index contributed by atoms with van der Waals surface area (Å²) in [6, 6.07) is 3.13. The average Bonchev–Trinajstić information content (AvgIpc) is 3.28. The van der Waals surface area contributed by atoms with Crippen molar-refractivity contribution < 1.29 is 44.7 Å². The number of nitriles is 1. The number of carbonyl (C=O) groups excluding carboxylic acids is 1. The van der Waals surface area contributed by atoms with E-state index < -0.39 is 44.9 Å². The van der Waals surface area contributed by atoms with Gasteiger partial charge >= 0.3 is 12.4 Å². The molecular formula is C21H18F6N8O4S2. The predicted octanol–water partition coefficient (Wildman–Crippen LogP) is 1.78. The number of aliphatic hydroxyl groups is 1. The maximum Gasteiger partial charge on any atom is 0.445 e. The molecule has 1 atom stereocenters. The summed E-state index contributed by atoms with van der Waals surface area (Å²) in [4.78, 5) is 18.2. The van der Waals surface area contributed by atoms with Crippen LogP contribution in [0.4, 0.5) is 32.0 Å². The maximum absolute atomic E-state index is 13.3. The molecule has 1 aliphatic heterocycles. The number of pyridine rings is 1. The molecule has 12 nitrogen and oxygen atoms in total. The van der Waals surface area contributed by atoms with Crippen molar-refractivity contribution in [1.29, 1.82) is 5.26 Å². The van der Waals surface area contributed by atoms with Gasteiger partial charge in [-0.2, -0.15) is 36.3 Å². The molecule has 0 spiro atoms. The monoisotopic (exact) mass is 624 g/mol. The standard InChI is InChI=1S/C21H18F6N8O4S2/c22-20(23,24)14(36)17(37)34-5-3-33(4-6-34)12-7-11(41(38,39)32-19(10-28)1-2-19)9-35-13(12)8-29-15(35)16-30-31-18(40-16)21(25,26)27/h7-9,14,32,36H,1-6H2. The van der Waals surface area contributed by atoms with Gasteiger partial charge in [0.15, 0.2) is 10.8 Å². The molecule has 1 aliphatic carbocycles. The molecule has 2 aliphatic rings. The number of carbonyl (C=O) groups is 1. The van der Waals surface area contributed by atoms with Crippen LogP contribution in [0.3, 0.4) is 0 Å². The lowest BCUT2D eigenvalue weighted by Gasteiger charge is -2.37. The fourth-order valence-corrected chi connectivity index (χ4v) is 6.30. The van der Waals surface area contributed by atoms with Gasteiger partial charge in [-0.25, -0.2) is 13.4 Å². The van der Waals surface area contributed by atoms with E-state index >= 15 is 0 Å². The zero-order valence-corrected chi connectivity index (χ0v) is 22.1. The molecular weight excluding hydrogens is 606 g/mol. The van der Waals surface area contributed by atoms with E-state index in [0.29, 0.717) is 0 Å². The molecule has 5 rings (SSSR count). The van der Waals surface area contributed by atoms with Crippen LogP contribution in [-0.2, 0) is 21.0 Å². The Labute approximate surface area is 230 Å². The van der Waals surface area contributed by atoms with Crippen molar-refractivity contribution in [2.75, 3.05) is 31.1 Å². The van der Waals surface area contributed by atoms with Crippen molar-refractivity contribution in [3.8, 4) is 16.9 Å². The van der Waals surface area contributed by atoms with Gasteiger partial charge in [0, 0.05) is 32.4 Å². The number of aromatic nitrogens is 4. The van der Waals surface area contributed by atoms with Crippen molar-refractivity contribution in [3.05, 3.63) is 23.5 Å². The summed E-state index contributed by atoms with van der Waals surface area (Å²) in [5.41, 5.74) is -0.880. The quantitative estimate of drug-likeness (QED) is 0.390. The minimum absolute atomic E-state index is 0.0808. The van der Waals surface area contributed by atoms with Crippen molar-refractivity contribution in [1.82, 2.24) is 29.2 Å². The Balaban J connectivity index is 1.53. The summed E-state index contributed by atoms with van der Waals surface area (Å²) in [5.74, 6) is -1.69. The predicted molar refractivity (Wildman–Crippen MR) is 128 cm³/mol. The number of anilines is 1. The first-order valence-electron chi connectivity index (χ1n) is 11.7. The normalized spacial score (nSPS) is 18.4. The molecule has 41 heavy (non-hydrogen) atoms. The average molecular weight is 625 g/mol. The van der Waals surface area contributed by atoms with Crippen LogP contribution in [-0.4, -0.2) is 87.9 Å². The Morgan fingerprint density at radius 1 is 1.15 bits per heavy atom. The van der Waals surface area contributed by atoms with Crippen LogP contribution < -0.4 is 9.62 Å². The van der Waals surface area contributed by atoms with E-state index in [1.807, 2.05) is 6.07 Å². The number of alkyl halides is 6. The van der Waals surface area contributed by atoms with Gasteiger partial charge in [-0.05, 0) is 18.9 Å². The lowest BCUT2D eigenvalue weighted by Crippen LogP contribution is -2.54. The molecule has 0 bridgehead atoms. The summed E-state index contributed by atoms with van der Waals surface area (Å²) in [6.07, 6.45) is -10.2. The highest BCUT2D eigenvalue weighted by molar-refractivity contribution is 7.89. The third-order valence-electron chi connectivity index (χ3n) is 6.53. The number of amides is 1. The van der Waals surface area contributed by atoms with Crippen molar-refractivity contribution >= 4 is 38.5 Å². The number of hydrogen-bond donors (Lipinski definition) is 2. The zero-order chi connectivity index (χ0) is 30.0. The lowest BCUT2D eigenvalue weighted by molar-refractivity contribution is -0.210. The smallest absolute Gasteiger partial charge is 0.376 e. The van der Waals surface area contributed by atoms with Gasteiger partial charge in [-0.1, -0.05) is 11.3 Å². The van der Waals surface area contributed by atoms with Crippen LogP contribution in [0.5, 0.6) is 0 Å². The highest BCUT2D eigenvalue weighted by atomic mass is 32.2. The summed E-state index contributed by atoms with van der Waals surface area (Å²) in [7, 11) is -4.35. The van der Waals surface area contributed by atoms with Crippen molar-refractivity contribution in [2.45, 2.75) is 41.7 Å². The molecule has 3 aromatic rings. The van der Waals surface area contributed by atoms with Gasteiger partial charge in [0.25, 0.3) is 5.91 Å². The van der Waals surface area contributed by atoms with E-state index in [1.165, 1.54) is 16.7 Å². The van der Waals surface area contributed by atoms with E-state index in [-0.39, 0.29) is 77.3 Å². The second kappa shape index (κ2) is 9.78. The highest BCUT2D eigenvalue weighted by Gasteiger charge is 2.47. The second-order valence-electron chi connectivity index (χ2n) is 9.36. The summed E-state index contributed by atoms with van der Waals surface area (Å²) >= 11 is 0.187. The number of rotatable bonds is 6. The van der Waals surface area contributed by atoms with Crippen LogP contribution in [0, 0.1) is 11.3 Å². The number of nitrogens with zero attached hydrogens (tertiary/aromatic N) is 7. The third-order valence-corrected chi connectivity index (χ3v) is 9.00. The first kappa shape index (κ1) is 29.0. The summed E-state index contributed by atoms with van der Waals surface area (Å²) in [6.45, 7) is -0.667. The van der Waals surface area contributed by atoms with E-state index in [1.54, 1.807) is 4.90 Å². The Kier molecular flexibility index (Phi) is 6.91. The molecule has 220 valence electrons. The number of fused-ring (bicyclic) bond motifs is 1. The molecule has 4 heterocycles. The van der Waals surface area contributed by atoms with Crippen LogP contribution in [0.25, 0.3) is 16.3 Å². The van der Waals surface area contributed by atoms with E-state index in [0.717, 1.165) is 11.1 Å². The Morgan fingerprint density at radius 2 is 1.80 bits per heavy atom. The Hall–Kier alpha value is -3.54. The number of halogens is 6. The van der Waals surface area contributed by atoms with Crippen LogP contribution in [0.2, 0.25) is 0 Å². The van der Waals surface area contributed by atoms with Crippen LogP contribution in [0.1, 0.15) is 17.8 Å². The van der Waals surface area contributed by atoms with Gasteiger partial charge in [0.05, 0.1) is 23.5 Å². The van der Waals surface area contributed by atoms with Gasteiger partial charge in [-0.15, -0.1) is 10.2 Å². The number of nitrogens with one attached hydrogen (secondary N) is 1. The number of imidazole rings is 1. The molecule has 1 saturated carbocycles. The SMILES string of the molecule is N#CC1(NS(=O)(=O)c2cc(N3CCN(C(=O)C(O)C(F)(F)F)CC3)c3cnc(-c4nnc(C(F)(F)F)s4)n3c2)CC1. The first-order valence-corrected chi connectivity index (χ1v) is 14.0. The summed E-state index contributed by atoms with van der Waals surface area (Å²) < 4.78 is 108. The molecule has 1 amide bonds. The van der Waals surface area contributed by atoms with Crippen LogP contribution >= 0.6 is 11.3 Å². The van der Waals surface area contributed by atoms with Gasteiger partial charge < -0.3 is 14.9 Å². The molecule has 1 unspecified atom stereocenters. The molecule has 2 N–H and O–H groups in total. The van der Waals surface area contributed by atoms with Gasteiger partial charge in [0.2, 0.25) is 21.1 Å². The van der Waals surface area contributed by atoms with Gasteiger partial charge in [0.1, 0.15) is 10.4 Å². The minimum atomic E-state index is -5.15. The zero-order valence-electron chi connectivity index (χ0n) is 20.4. The highest BCUT2D eigenvalue weighted by Crippen LogP contribution is 2.38. The third kappa shape index (κ3) is 5.53. The fraction of sp³-hybridized carbons (Fsp3) is 0.476. The van der Waals surface area contributed by atoms with E-state index in [2.05, 4.69) is 19.9 Å². The fourth-order valence-electron chi connectivity index (χ4n) is 4.20. The number of piperazine rings is 1. The first-order chi connectivity index (χ1) is 19.0. The molecule has 1 saturated heterocycles. The van der Waals surface area contributed by atoms with Gasteiger partial charge in [-0.3, -0.25) is 9.20 Å². The Morgan fingerprint density at radius 3 is 2.34 bits per heavy atom. The number of sulfonamides is 1. The topological polar surface area (TPSA) is 157 Å². The minimum Gasteiger partial charge on any atom is -0.376 e. The molecule has 3 aromatic heterocycles.